The van der Waals surface area contributed by atoms with Crippen molar-refractivity contribution in [1.29, 1.82) is 0 Å². The minimum Gasteiger partial charge on any atom is -0.396 e. The van der Waals surface area contributed by atoms with Gasteiger partial charge in [0.05, 0.1) is 0 Å². The summed E-state index contributed by atoms with van der Waals surface area (Å²) in [6, 6.07) is 7.00. The van der Waals surface area contributed by atoms with Crippen LogP contribution in [0.1, 0.15) is 24.8 Å². The van der Waals surface area contributed by atoms with Gasteiger partial charge in [0.2, 0.25) is 0 Å². The molecule has 0 heterocycles. The van der Waals surface area contributed by atoms with Gasteiger partial charge in [-0.3, -0.25) is 0 Å². The highest BCUT2D eigenvalue weighted by atomic mass is 32.2. The molecule has 102 valence electrons. The number of aliphatic hydroxyl groups is 1. The first-order chi connectivity index (χ1) is 8.67. The van der Waals surface area contributed by atoms with Crippen molar-refractivity contribution in [2.24, 2.45) is 0 Å². The van der Waals surface area contributed by atoms with Crippen molar-refractivity contribution in [3.8, 4) is 0 Å². The van der Waals surface area contributed by atoms with E-state index in [0.717, 1.165) is 24.3 Å². The van der Waals surface area contributed by atoms with E-state index in [4.69, 9.17) is 5.11 Å². The minimum absolute atomic E-state index is 0.195. The molecule has 4 heteroatoms. The molecular weight excluding hydrogens is 249 g/mol. The normalized spacial score (nSPS) is 14.4. The van der Waals surface area contributed by atoms with E-state index in [1.54, 1.807) is 11.8 Å². The predicted octanol–water partition coefficient (Wildman–Crippen LogP) is 2.63. The van der Waals surface area contributed by atoms with E-state index in [0.29, 0.717) is 12.0 Å². The van der Waals surface area contributed by atoms with Crippen molar-refractivity contribution in [2.75, 3.05) is 25.2 Å². The van der Waals surface area contributed by atoms with Gasteiger partial charge in [-0.1, -0.05) is 19.1 Å². The third-order valence-electron chi connectivity index (χ3n) is 3.00. The van der Waals surface area contributed by atoms with Gasteiger partial charge < -0.3 is 10.4 Å². The number of halogens is 1. The SMILES string of the molecule is CSCC(CCO)NCC(C)c1ccc(F)cc1. The minimum atomic E-state index is -0.195. The lowest BCUT2D eigenvalue weighted by molar-refractivity contribution is 0.269. The van der Waals surface area contributed by atoms with Crippen molar-refractivity contribution in [2.45, 2.75) is 25.3 Å². The average Bonchev–Trinajstić information content (AvgIpc) is 2.37. The Balaban J connectivity index is 2.43. The smallest absolute Gasteiger partial charge is 0.123 e. The lowest BCUT2D eigenvalue weighted by Gasteiger charge is -2.20. The Hall–Kier alpha value is -0.580. The topological polar surface area (TPSA) is 32.3 Å². The highest BCUT2D eigenvalue weighted by Crippen LogP contribution is 2.15. The van der Waals surface area contributed by atoms with E-state index in [9.17, 15) is 4.39 Å². The van der Waals surface area contributed by atoms with Gasteiger partial charge >= 0.3 is 0 Å². The van der Waals surface area contributed by atoms with Crippen molar-refractivity contribution in [3.05, 3.63) is 35.6 Å². The van der Waals surface area contributed by atoms with Crippen LogP contribution in [0.5, 0.6) is 0 Å². The molecule has 0 aliphatic heterocycles. The number of hydrogen-bond donors (Lipinski definition) is 2. The van der Waals surface area contributed by atoms with E-state index in [1.807, 2.05) is 12.1 Å². The van der Waals surface area contributed by atoms with Crippen LogP contribution in [0, 0.1) is 5.82 Å². The quantitative estimate of drug-likeness (QED) is 0.762. The molecule has 0 spiro atoms. The zero-order valence-electron chi connectivity index (χ0n) is 11.0. The van der Waals surface area contributed by atoms with Crippen LogP contribution >= 0.6 is 11.8 Å². The van der Waals surface area contributed by atoms with Crippen LogP contribution in [0.4, 0.5) is 4.39 Å². The molecule has 2 nitrogen and oxygen atoms in total. The van der Waals surface area contributed by atoms with E-state index >= 15 is 0 Å². The van der Waals surface area contributed by atoms with Gasteiger partial charge in [0.1, 0.15) is 5.82 Å². The van der Waals surface area contributed by atoms with Crippen LogP contribution in [-0.4, -0.2) is 36.3 Å². The molecule has 2 atom stereocenters. The largest absolute Gasteiger partial charge is 0.396 e. The summed E-state index contributed by atoms with van der Waals surface area (Å²) in [5.74, 6) is 1.14. The number of benzene rings is 1. The maximum Gasteiger partial charge on any atom is 0.123 e. The fourth-order valence-electron chi connectivity index (χ4n) is 1.85. The molecule has 0 saturated heterocycles. The molecular formula is C14H22FNOS. The van der Waals surface area contributed by atoms with E-state index in [-0.39, 0.29) is 12.4 Å². The Morgan fingerprint density at radius 3 is 2.56 bits per heavy atom. The highest BCUT2D eigenvalue weighted by Gasteiger charge is 2.10. The molecule has 0 aliphatic rings. The Morgan fingerprint density at radius 2 is 2.00 bits per heavy atom. The Labute approximate surface area is 113 Å². The van der Waals surface area contributed by atoms with Gasteiger partial charge in [0, 0.05) is 24.9 Å². The second-order valence-electron chi connectivity index (χ2n) is 4.53. The predicted molar refractivity (Wildman–Crippen MR) is 76.7 cm³/mol. The lowest BCUT2D eigenvalue weighted by Crippen LogP contribution is -2.34. The van der Waals surface area contributed by atoms with Crippen molar-refractivity contribution in [1.82, 2.24) is 5.32 Å². The first-order valence-corrected chi connectivity index (χ1v) is 7.65. The molecule has 0 aromatic heterocycles. The maximum atomic E-state index is 12.8. The van der Waals surface area contributed by atoms with Crippen LogP contribution in [0.25, 0.3) is 0 Å². The molecule has 0 saturated carbocycles. The first-order valence-electron chi connectivity index (χ1n) is 6.26. The number of aliphatic hydroxyl groups excluding tert-OH is 1. The van der Waals surface area contributed by atoms with E-state index in [2.05, 4.69) is 18.5 Å². The third-order valence-corrected chi connectivity index (χ3v) is 3.73. The van der Waals surface area contributed by atoms with E-state index in [1.165, 1.54) is 12.1 Å². The molecule has 1 rings (SSSR count). The highest BCUT2D eigenvalue weighted by molar-refractivity contribution is 7.98. The molecule has 2 unspecified atom stereocenters. The second-order valence-corrected chi connectivity index (χ2v) is 5.44. The summed E-state index contributed by atoms with van der Waals surface area (Å²) in [4.78, 5) is 0. The molecule has 0 fully saturated rings. The van der Waals surface area contributed by atoms with Gasteiger partial charge in [-0.25, -0.2) is 4.39 Å². The maximum absolute atomic E-state index is 12.8. The molecule has 0 bridgehead atoms. The molecule has 0 aliphatic carbocycles. The molecule has 2 N–H and O–H groups in total. The first kappa shape index (κ1) is 15.5. The zero-order valence-corrected chi connectivity index (χ0v) is 11.8. The molecule has 1 aromatic rings. The van der Waals surface area contributed by atoms with Gasteiger partial charge in [0.15, 0.2) is 0 Å². The summed E-state index contributed by atoms with van der Waals surface area (Å²) < 4.78 is 12.8. The molecule has 0 amide bonds. The summed E-state index contributed by atoms with van der Waals surface area (Å²) in [6.45, 7) is 3.18. The summed E-state index contributed by atoms with van der Waals surface area (Å²) in [7, 11) is 0. The monoisotopic (exact) mass is 271 g/mol. The number of hydrogen-bond acceptors (Lipinski definition) is 3. The Morgan fingerprint density at radius 1 is 1.33 bits per heavy atom. The summed E-state index contributed by atoms with van der Waals surface area (Å²) in [5, 5.41) is 12.4. The summed E-state index contributed by atoms with van der Waals surface area (Å²) >= 11 is 1.78. The van der Waals surface area contributed by atoms with Crippen molar-refractivity contribution < 1.29 is 9.50 Å². The summed E-state index contributed by atoms with van der Waals surface area (Å²) in [5.41, 5.74) is 1.14. The van der Waals surface area contributed by atoms with Gasteiger partial charge in [-0.15, -0.1) is 0 Å². The standard InChI is InChI=1S/C14H22FNOS/c1-11(12-3-5-13(15)6-4-12)9-16-14(7-8-17)10-18-2/h3-6,11,14,16-17H,7-10H2,1-2H3. The molecule has 0 radical (unpaired) electrons. The van der Waals surface area contributed by atoms with Crippen molar-refractivity contribution >= 4 is 11.8 Å². The van der Waals surface area contributed by atoms with Crippen LogP contribution in [-0.2, 0) is 0 Å². The Kier molecular flexibility index (Phi) is 7.32. The van der Waals surface area contributed by atoms with Gasteiger partial charge in [-0.2, -0.15) is 11.8 Å². The molecule has 1 aromatic carbocycles. The van der Waals surface area contributed by atoms with Crippen LogP contribution in [0.15, 0.2) is 24.3 Å². The number of thioether (sulfide) groups is 1. The van der Waals surface area contributed by atoms with Gasteiger partial charge in [0.25, 0.3) is 0 Å². The van der Waals surface area contributed by atoms with Gasteiger partial charge in [-0.05, 0) is 36.3 Å². The Bertz CT molecular complexity index is 325. The lowest BCUT2D eigenvalue weighted by atomic mass is 10.0. The van der Waals surface area contributed by atoms with E-state index < -0.39 is 0 Å². The number of nitrogens with one attached hydrogen (secondary N) is 1. The second kappa shape index (κ2) is 8.51. The zero-order chi connectivity index (χ0) is 13.4. The van der Waals surface area contributed by atoms with Crippen LogP contribution in [0.2, 0.25) is 0 Å². The summed E-state index contributed by atoms with van der Waals surface area (Å²) in [6.07, 6.45) is 2.84. The number of rotatable bonds is 8. The average molecular weight is 271 g/mol. The van der Waals surface area contributed by atoms with Crippen molar-refractivity contribution in [3.63, 3.8) is 0 Å². The van der Waals surface area contributed by atoms with Crippen LogP contribution in [0.3, 0.4) is 0 Å². The fraction of sp³-hybridized carbons (Fsp3) is 0.571. The molecule has 18 heavy (non-hydrogen) atoms. The van der Waals surface area contributed by atoms with Crippen LogP contribution < -0.4 is 5.32 Å². The fourth-order valence-corrected chi connectivity index (χ4v) is 2.54. The third kappa shape index (κ3) is 5.38.